The van der Waals surface area contributed by atoms with Gasteiger partial charge < -0.3 is 0 Å². The maximum Gasteiger partial charge on any atom is 0.141 e. The molecule has 0 amide bonds. The number of hydrogen-bond donors (Lipinski definition) is 1. The SMILES string of the molecule is CCC(C)(C)[C](CC(C)C)OO. The predicted octanol–water partition coefficient (Wildman–Crippen LogP) is 3.49. The van der Waals surface area contributed by atoms with E-state index in [4.69, 9.17) is 5.26 Å². The summed E-state index contributed by atoms with van der Waals surface area (Å²) in [7, 11) is 0. The summed E-state index contributed by atoms with van der Waals surface area (Å²) in [6, 6.07) is 0. The molecule has 0 aliphatic heterocycles. The minimum absolute atomic E-state index is 0.0149. The lowest BCUT2D eigenvalue weighted by atomic mass is 9.80. The third-order valence-corrected chi connectivity index (χ3v) is 2.34. The van der Waals surface area contributed by atoms with Crippen molar-refractivity contribution in [1.29, 1.82) is 0 Å². The Morgan fingerprint density at radius 1 is 1.42 bits per heavy atom. The van der Waals surface area contributed by atoms with Crippen LogP contribution in [0.15, 0.2) is 0 Å². The highest BCUT2D eigenvalue weighted by molar-refractivity contribution is 4.93. The van der Waals surface area contributed by atoms with Gasteiger partial charge in [0.1, 0.15) is 6.10 Å². The van der Waals surface area contributed by atoms with E-state index in [0.29, 0.717) is 5.92 Å². The van der Waals surface area contributed by atoms with E-state index < -0.39 is 0 Å². The molecule has 0 aromatic rings. The summed E-state index contributed by atoms with van der Waals surface area (Å²) < 4.78 is 0. The molecular weight excluding hydrogens is 152 g/mol. The van der Waals surface area contributed by atoms with Gasteiger partial charge in [0.05, 0.1) is 0 Å². The quantitative estimate of drug-likeness (QED) is 0.509. The van der Waals surface area contributed by atoms with Crippen LogP contribution in [0.5, 0.6) is 0 Å². The van der Waals surface area contributed by atoms with Crippen LogP contribution in [0, 0.1) is 17.4 Å². The molecule has 0 bridgehead atoms. The van der Waals surface area contributed by atoms with Crippen molar-refractivity contribution in [2.45, 2.75) is 47.5 Å². The lowest BCUT2D eigenvalue weighted by molar-refractivity contribution is -0.256. The molecule has 0 aliphatic rings. The van der Waals surface area contributed by atoms with Crippen molar-refractivity contribution < 1.29 is 10.1 Å². The van der Waals surface area contributed by atoms with Crippen LogP contribution in [0.3, 0.4) is 0 Å². The Labute approximate surface area is 75.9 Å². The predicted molar refractivity (Wildman–Crippen MR) is 50.5 cm³/mol. The maximum atomic E-state index is 8.70. The largest absolute Gasteiger partial charge is 0.251 e. The molecule has 1 radical (unpaired) electrons. The first kappa shape index (κ1) is 11.9. The molecule has 73 valence electrons. The molecule has 0 unspecified atom stereocenters. The van der Waals surface area contributed by atoms with Gasteiger partial charge in [-0.15, -0.1) is 0 Å². The molecule has 0 aromatic heterocycles. The van der Waals surface area contributed by atoms with E-state index in [0.717, 1.165) is 18.9 Å². The molecule has 0 rings (SSSR count). The van der Waals surface area contributed by atoms with E-state index >= 15 is 0 Å². The summed E-state index contributed by atoms with van der Waals surface area (Å²) in [5.41, 5.74) is -0.0149. The van der Waals surface area contributed by atoms with Crippen LogP contribution in [0.25, 0.3) is 0 Å². The average molecular weight is 173 g/mol. The monoisotopic (exact) mass is 173 g/mol. The minimum atomic E-state index is -0.0149. The van der Waals surface area contributed by atoms with E-state index in [9.17, 15) is 0 Å². The molecule has 0 fully saturated rings. The second kappa shape index (κ2) is 4.83. The first-order valence-corrected chi connectivity index (χ1v) is 4.61. The van der Waals surface area contributed by atoms with E-state index in [1.165, 1.54) is 0 Å². The zero-order valence-electron chi connectivity index (χ0n) is 8.85. The van der Waals surface area contributed by atoms with Crippen LogP contribution in [0.2, 0.25) is 0 Å². The van der Waals surface area contributed by atoms with Gasteiger partial charge in [-0.05, 0) is 24.2 Å². The average Bonchev–Trinajstić information content (AvgIpc) is 1.99. The lowest BCUT2D eigenvalue weighted by Gasteiger charge is -2.30. The van der Waals surface area contributed by atoms with Crippen molar-refractivity contribution >= 4 is 0 Å². The summed E-state index contributed by atoms with van der Waals surface area (Å²) in [6.07, 6.45) is 2.60. The van der Waals surface area contributed by atoms with Crippen LogP contribution in [0.4, 0.5) is 0 Å². The highest BCUT2D eigenvalue weighted by Crippen LogP contribution is 2.36. The molecule has 0 atom stereocenters. The molecule has 0 aromatic carbocycles. The van der Waals surface area contributed by atoms with Gasteiger partial charge in [-0.2, -0.15) is 0 Å². The van der Waals surface area contributed by atoms with Gasteiger partial charge in [-0.1, -0.05) is 34.6 Å². The molecular formula is C10H21O2. The van der Waals surface area contributed by atoms with E-state index in [1.807, 2.05) is 0 Å². The van der Waals surface area contributed by atoms with Gasteiger partial charge in [-0.25, -0.2) is 4.89 Å². The zero-order valence-corrected chi connectivity index (χ0v) is 8.85. The van der Waals surface area contributed by atoms with Crippen molar-refractivity contribution in [2.24, 2.45) is 11.3 Å². The molecule has 0 saturated heterocycles. The lowest BCUT2D eigenvalue weighted by Crippen LogP contribution is -2.24. The summed E-state index contributed by atoms with van der Waals surface area (Å²) in [6.45, 7) is 10.5. The van der Waals surface area contributed by atoms with Gasteiger partial charge in [-0.3, -0.25) is 5.26 Å². The summed E-state index contributed by atoms with van der Waals surface area (Å²) in [5, 5.41) is 8.70. The Balaban J connectivity index is 4.13. The number of hydrogen-bond acceptors (Lipinski definition) is 2. The van der Waals surface area contributed by atoms with E-state index in [1.54, 1.807) is 0 Å². The maximum absolute atomic E-state index is 8.70. The van der Waals surface area contributed by atoms with Crippen LogP contribution < -0.4 is 0 Å². The molecule has 2 heteroatoms. The van der Waals surface area contributed by atoms with E-state index in [2.05, 4.69) is 39.5 Å². The summed E-state index contributed by atoms with van der Waals surface area (Å²) >= 11 is 0. The second-order valence-electron chi connectivity index (χ2n) is 4.35. The van der Waals surface area contributed by atoms with Gasteiger partial charge in [0.2, 0.25) is 0 Å². The highest BCUT2D eigenvalue weighted by atomic mass is 17.1. The minimum Gasteiger partial charge on any atom is -0.251 e. The standard InChI is InChI=1S/C10H21O2/c1-6-10(4,5)9(12-11)7-8(2)3/h8,11H,6-7H2,1-5H3. The summed E-state index contributed by atoms with van der Waals surface area (Å²) in [5.74, 6) is 0.526. The molecule has 2 nitrogen and oxygen atoms in total. The Morgan fingerprint density at radius 3 is 2.17 bits per heavy atom. The normalized spacial score (nSPS) is 13.0. The van der Waals surface area contributed by atoms with Crippen molar-refractivity contribution in [1.82, 2.24) is 0 Å². The fourth-order valence-electron chi connectivity index (χ4n) is 1.01. The Kier molecular flexibility index (Phi) is 4.80. The third-order valence-electron chi connectivity index (χ3n) is 2.34. The van der Waals surface area contributed by atoms with Gasteiger partial charge in [0.25, 0.3) is 0 Å². The second-order valence-corrected chi connectivity index (χ2v) is 4.35. The zero-order chi connectivity index (χ0) is 9.78. The van der Waals surface area contributed by atoms with Gasteiger partial charge >= 0.3 is 0 Å². The molecule has 0 saturated carbocycles. The van der Waals surface area contributed by atoms with Crippen LogP contribution >= 0.6 is 0 Å². The topological polar surface area (TPSA) is 29.5 Å². The highest BCUT2D eigenvalue weighted by Gasteiger charge is 2.30. The third kappa shape index (κ3) is 3.55. The van der Waals surface area contributed by atoms with Crippen molar-refractivity contribution in [3.63, 3.8) is 0 Å². The molecule has 1 N–H and O–H groups in total. The molecule has 12 heavy (non-hydrogen) atoms. The van der Waals surface area contributed by atoms with Crippen LogP contribution in [0.1, 0.15) is 47.5 Å². The Hall–Kier alpha value is -0.0800. The van der Waals surface area contributed by atoms with Crippen LogP contribution in [-0.4, -0.2) is 5.26 Å². The van der Waals surface area contributed by atoms with E-state index in [-0.39, 0.29) is 5.41 Å². The molecule has 0 spiro atoms. The van der Waals surface area contributed by atoms with Crippen molar-refractivity contribution in [3.05, 3.63) is 6.10 Å². The van der Waals surface area contributed by atoms with Crippen molar-refractivity contribution in [2.75, 3.05) is 0 Å². The number of rotatable bonds is 5. The Bertz CT molecular complexity index is 119. The first-order valence-electron chi connectivity index (χ1n) is 4.61. The first-order chi connectivity index (χ1) is 5.44. The van der Waals surface area contributed by atoms with Crippen LogP contribution in [-0.2, 0) is 4.89 Å². The summed E-state index contributed by atoms with van der Waals surface area (Å²) in [4.78, 5) is 4.43. The molecule has 0 aliphatic carbocycles. The smallest absolute Gasteiger partial charge is 0.141 e. The Morgan fingerprint density at radius 2 is 1.92 bits per heavy atom. The molecule has 0 heterocycles. The fourth-order valence-corrected chi connectivity index (χ4v) is 1.01. The van der Waals surface area contributed by atoms with Crippen molar-refractivity contribution in [3.8, 4) is 0 Å². The van der Waals surface area contributed by atoms with Gasteiger partial charge in [0, 0.05) is 0 Å². The van der Waals surface area contributed by atoms with Gasteiger partial charge in [0.15, 0.2) is 0 Å². The fraction of sp³-hybridized carbons (Fsp3) is 0.900.